The first kappa shape index (κ1) is 26.0. The Bertz CT molecular complexity index is 774. The average Bonchev–Trinajstić information content (AvgIpc) is 2.63. The monoisotopic (exact) mass is 439 g/mol. The molecule has 1 aromatic carbocycles. The van der Waals surface area contributed by atoms with Crippen LogP contribution in [0.25, 0.3) is 0 Å². The van der Waals surface area contributed by atoms with Gasteiger partial charge in [-0.3, -0.25) is 19.7 Å². The summed E-state index contributed by atoms with van der Waals surface area (Å²) in [7, 11) is 5.47. The maximum Gasteiger partial charge on any atom is 0.307 e. The summed E-state index contributed by atoms with van der Waals surface area (Å²) in [6.07, 6.45) is -0.682. The molecule has 0 aliphatic carbocycles. The van der Waals surface area contributed by atoms with Crippen molar-refractivity contribution in [2.75, 3.05) is 40.8 Å². The number of aliphatic carboxylic acids is 1. The van der Waals surface area contributed by atoms with Gasteiger partial charge in [0.15, 0.2) is 6.10 Å². The van der Waals surface area contributed by atoms with Crippen molar-refractivity contribution in [2.24, 2.45) is 0 Å². The van der Waals surface area contributed by atoms with Crippen molar-refractivity contribution in [1.82, 2.24) is 5.32 Å². The summed E-state index contributed by atoms with van der Waals surface area (Å²) in [4.78, 5) is 44.9. The van der Waals surface area contributed by atoms with Gasteiger partial charge < -0.3 is 29.2 Å². The number of carbonyl (C=O) groups is 3. The van der Waals surface area contributed by atoms with Crippen LogP contribution in [0.5, 0.6) is 0 Å². The third-order valence-electron chi connectivity index (χ3n) is 4.17. The molecule has 11 nitrogen and oxygen atoms in total. The van der Waals surface area contributed by atoms with Gasteiger partial charge in [0.25, 0.3) is 5.69 Å². The second-order valence-corrected chi connectivity index (χ2v) is 8.02. The van der Waals surface area contributed by atoms with E-state index in [0.717, 1.165) is 5.56 Å². The minimum atomic E-state index is -1.44. The van der Waals surface area contributed by atoms with Gasteiger partial charge >= 0.3 is 11.9 Å². The summed E-state index contributed by atoms with van der Waals surface area (Å²) >= 11 is 0. The van der Waals surface area contributed by atoms with Crippen LogP contribution >= 0.6 is 0 Å². The molecule has 1 aromatic rings. The lowest BCUT2D eigenvalue weighted by molar-refractivity contribution is -0.873. The fourth-order valence-corrected chi connectivity index (χ4v) is 2.80. The Balaban J connectivity index is 2.49. The largest absolute Gasteiger partial charge is 0.548 e. The van der Waals surface area contributed by atoms with Crippen molar-refractivity contribution in [3.8, 4) is 0 Å². The molecule has 0 fully saturated rings. The van der Waals surface area contributed by atoms with E-state index in [-0.39, 0.29) is 31.8 Å². The van der Waals surface area contributed by atoms with Crippen LogP contribution < -0.4 is 10.4 Å². The van der Waals surface area contributed by atoms with Crippen molar-refractivity contribution in [3.05, 3.63) is 39.9 Å². The molecule has 0 bridgehead atoms. The van der Waals surface area contributed by atoms with Crippen molar-refractivity contribution in [2.45, 2.75) is 31.9 Å². The van der Waals surface area contributed by atoms with Crippen molar-refractivity contribution < 1.29 is 38.4 Å². The van der Waals surface area contributed by atoms with E-state index in [1.165, 1.54) is 19.1 Å². The highest BCUT2D eigenvalue weighted by Crippen LogP contribution is 2.12. The van der Waals surface area contributed by atoms with Gasteiger partial charge in [0, 0.05) is 32.0 Å². The molecule has 0 aliphatic rings. The Morgan fingerprint density at radius 3 is 2.26 bits per heavy atom. The van der Waals surface area contributed by atoms with Crippen LogP contribution in [0.1, 0.15) is 18.9 Å². The second-order valence-electron chi connectivity index (χ2n) is 8.02. The van der Waals surface area contributed by atoms with Gasteiger partial charge in [-0.15, -0.1) is 0 Å². The molecular weight excluding hydrogens is 410 g/mol. The van der Waals surface area contributed by atoms with E-state index >= 15 is 0 Å². The van der Waals surface area contributed by atoms with Crippen LogP contribution in [-0.4, -0.2) is 80.3 Å². The zero-order chi connectivity index (χ0) is 23.6. The molecule has 11 heteroatoms. The van der Waals surface area contributed by atoms with Crippen LogP contribution in [0, 0.1) is 10.1 Å². The van der Waals surface area contributed by atoms with Gasteiger partial charge in [-0.2, -0.15) is 0 Å². The van der Waals surface area contributed by atoms with Crippen molar-refractivity contribution in [3.63, 3.8) is 0 Å². The first-order valence-corrected chi connectivity index (χ1v) is 9.70. The number of ether oxygens (including phenoxy) is 2. The van der Waals surface area contributed by atoms with Gasteiger partial charge in [0.1, 0.15) is 6.54 Å². The van der Waals surface area contributed by atoms with Crippen LogP contribution in [-0.2, 0) is 30.3 Å². The van der Waals surface area contributed by atoms with E-state index in [9.17, 15) is 29.6 Å². The number of hydrogen-bond donors (Lipinski definition) is 1. The van der Waals surface area contributed by atoms with Crippen LogP contribution in [0.3, 0.4) is 0 Å². The fraction of sp³-hybridized carbons (Fsp3) is 0.550. The molecule has 0 aromatic heterocycles. The van der Waals surface area contributed by atoms with E-state index in [1.807, 2.05) is 21.1 Å². The normalized spacial score (nSPS) is 13.2. The summed E-state index contributed by atoms with van der Waals surface area (Å²) in [6.45, 7) is 1.49. The Labute approximate surface area is 180 Å². The lowest BCUT2D eigenvalue weighted by atomic mass is 10.1. The number of nitrogens with one attached hydrogen (secondary N) is 1. The topological polar surface area (TPSA) is 148 Å². The third kappa shape index (κ3) is 10.5. The number of benzene rings is 1. The number of esters is 2. The van der Waals surface area contributed by atoms with Crippen LogP contribution in [0.4, 0.5) is 5.69 Å². The number of carbonyl (C=O) groups excluding carboxylic acids is 3. The Morgan fingerprint density at radius 2 is 1.77 bits per heavy atom. The molecule has 31 heavy (non-hydrogen) atoms. The first-order valence-electron chi connectivity index (χ1n) is 9.70. The number of non-ortho nitro benzene ring substituents is 1. The predicted molar refractivity (Wildman–Crippen MR) is 108 cm³/mol. The summed E-state index contributed by atoms with van der Waals surface area (Å²) in [5.74, 6) is -2.59. The molecule has 0 amide bonds. The standard InChI is InChI=1S/C20H29N3O8/c1-14(24)31-17(13-23(2,3)4)19(20(26)27)21-11-9-18(25)30-12-10-15-5-7-16(8-6-15)22(28)29/h5-8,17,19,21H,9-13H2,1-4H3. The minimum absolute atomic E-state index is 0.0100. The molecule has 0 saturated carbocycles. The molecular formula is C20H29N3O8. The summed E-state index contributed by atoms with van der Waals surface area (Å²) in [5.41, 5.74) is 0.754. The lowest BCUT2D eigenvalue weighted by Crippen LogP contribution is -2.59. The van der Waals surface area contributed by atoms with Gasteiger partial charge in [-0.1, -0.05) is 12.1 Å². The highest BCUT2D eigenvalue weighted by molar-refractivity contribution is 5.74. The second kappa shape index (κ2) is 12.0. The van der Waals surface area contributed by atoms with Crippen molar-refractivity contribution >= 4 is 23.6 Å². The van der Waals surface area contributed by atoms with Gasteiger partial charge in [0.05, 0.1) is 51.1 Å². The molecule has 2 unspecified atom stereocenters. The number of nitro benzene ring substituents is 1. The maximum atomic E-state index is 11.9. The van der Waals surface area contributed by atoms with Gasteiger partial charge in [-0.25, -0.2) is 0 Å². The SMILES string of the molecule is CC(=O)OC(C[N+](C)(C)C)C(NCCC(=O)OCCc1ccc([N+](=O)[O-])cc1)C(=O)[O-]. The molecule has 172 valence electrons. The number of carboxylic acids is 1. The molecule has 2 atom stereocenters. The lowest BCUT2D eigenvalue weighted by Gasteiger charge is -2.34. The van der Waals surface area contributed by atoms with E-state index in [2.05, 4.69) is 5.32 Å². The first-order chi connectivity index (χ1) is 14.4. The zero-order valence-electron chi connectivity index (χ0n) is 18.2. The molecule has 0 saturated heterocycles. The number of carboxylic acid groups (broad SMARTS) is 1. The molecule has 1 N–H and O–H groups in total. The van der Waals surface area contributed by atoms with Gasteiger partial charge in [-0.05, 0) is 5.56 Å². The van der Waals surface area contributed by atoms with E-state index in [4.69, 9.17) is 9.47 Å². The number of likely N-dealkylation sites (N-methyl/N-ethyl adjacent to an activating group) is 1. The van der Waals surface area contributed by atoms with Crippen LogP contribution in [0.2, 0.25) is 0 Å². The average molecular weight is 439 g/mol. The van der Waals surface area contributed by atoms with Gasteiger partial charge in [0.2, 0.25) is 0 Å². The summed E-state index contributed by atoms with van der Waals surface area (Å²) < 4.78 is 10.6. The zero-order valence-corrected chi connectivity index (χ0v) is 18.2. The summed E-state index contributed by atoms with van der Waals surface area (Å²) in [5, 5.41) is 24.9. The highest BCUT2D eigenvalue weighted by Gasteiger charge is 2.30. The molecule has 0 aliphatic heterocycles. The smallest absolute Gasteiger partial charge is 0.307 e. The Kier molecular flexibility index (Phi) is 10.0. The fourth-order valence-electron chi connectivity index (χ4n) is 2.80. The van der Waals surface area contributed by atoms with E-state index in [0.29, 0.717) is 10.9 Å². The van der Waals surface area contributed by atoms with E-state index in [1.54, 1.807) is 12.1 Å². The number of nitro groups is 1. The number of hydrogen-bond acceptors (Lipinski definition) is 9. The number of nitrogens with zero attached hydrogens (tertiary/aromatic N) is 2. The van der Waals surface area contributed by atoms with E-state index < -0.39 is 35.0 Å². The molecule has 0 heterocycles. The minimum Gasteiger partial charge on any atom is -0.548 e. The molecule has 1 rings (SSSR count). The maximum absolute atomic E-state index is 11.9. The van der Waals surface area contributed by atoms with Crippen LogP contribution in [0.15, 0.2) is 24.3 Å². The molecule has 0 radical (unpaired) electrons. The number of quaternary nitrogens is 1. The Morgan fingerprint density at radius 1 is 1.16 bits per heavy atom. The predicted octanol–water partition coefficient (Wildman–Crippen LogP) is -0.583. The highest BCUT2D eigenvalue weighted by atomic mass is 16.6. The number of rotatable bonds is 13. The summed E-state index contributed by atoms with van der Waals surface area (Å²) in [6, 6.07) is 4.63. The van der Waals surface area contributed by atoms with Crippen molar-refractivity contribution in [1.29, 1.82) is 0 Å². The molecule has 0 spiro atoms. The third-order valence-corrected chi connectivity index (χ3v) is 4.17. The quantitative estimate of drug-likeness (QED) is 0.184. The Hall–Kier alpha value is -3.05.